The van der Waals surface area contributed by atoms with Crippen molar-refractivity contribution in [3.05, 3.63) is 29.8 Å². The SMILES string of the molecule is CNC(=O)c1ccccc1NC(=O)CN1C(=O)NC2(CC(C)CC(C)(C)C2)C1=O. The molecule has 1 saturated carbocycles. The van der Waals surface area contributed by atoms with E-state index in [1.807, 2.05) is 0 Å². The molecule has 1 aliphatic heterocycles. The van der Waals surface area contributed by atoms with Crippen molar-refractivity contribution in [1.82, 2.24) is 15.5 Å². The smallest absolute Gasteiger partial charge is 0.325 e. The number of carbonyl (C=O) groups excluding carboxylic acids is 4. The van der Waals surface area contributed by atoms with Gasteiger partial charge in [0.2, 0.25) is 5.91 Å². The van der Waals surface area contributed by atoms with E-state index in [2.05, 4.69) is 36.7 Å². The number of benzene rings is 1. The van der Waals surface area contributed by atoms with Gasteiger partial charge in [-0.1, -0.05) is 32.9 Å². The van der Waals surface area contributed by atoms with Gasteiger partial charge in [-0.15, -0.1) is 0 Å². The summed E-state index contributed by atoms with van der Waals surface area (Å²) in [6.07, 6.45) is 2.10. The number of carbonyl (C=O) groups is 4. The Hall–Kier alpha value is -2.90. The molecular weight excluding hydrogens is 372 g/mol. The van der Waals surface area contributed by atoms with E-state index in [9.17, 15) is 19.2 Å². The summed E-state index contributed by atoms with van der Waals surface area (Å²) in [5, 5.41) is 8.01. The lowest BCUT2D eigenvalue weighted by atomic mass is 9.64. The number of hydrogen-bond acceptors (Lipinski definition) is 4. The number of urea groups is 1. The third-order valence-corrected chi connectivity index (χ3v) is 5.60. The Morgan fingerprint density at radius 3 is 2.55 bits per heavy atom. The van der Waals surface area contributed by atoms with Gasteiger partial charge in [0.15, 0.2) is 0 Å². The summed E-state index contributed by atoms with van der Waals surface area (Å²) < 4.78 is 0. The highest BCUT2D eigenvalue weighted by Gasteiger charge is 2.56. The number of nitrogens with one attached hydrogen (secondary N) is 3. The van der Waals surface area contributed by atoms with E-state index in [0.717, 1.165) is 11.3 Å². The van der Waals surface area contributed by atoms with Crippen LogP contribution in [0.3, 0.4) is 0 Å². The van der Waals surface area contributed by atoms with Crippen LogP contribution in [0.4, 0.5) is 10.5 Å². The molecule has 1 aromatic carbocycles. The van der Waals surface area contributed by atoms with E-state index in [-0.39, 0.29) is 23.1 Å². The number of nitrogens with zero attached hydrogens (tertiary/aromatic N) is 1. The molecule has 3 rings (SSSR count). The van der Waals surface area contributed by atoms with E-state index >= 15 is 0 Å². The van der Waals surface area contributed by atoms with Gasteiger partial charge in [-0.05, 0) is 42.7 Å². The number of rotatable bonds is 4. The number of anilines is 1. The van der Waals surface area contributed by atoms with Crippen LogP contribution in [0, 0.1) is 11.3 Å². The van der Waals surface area contributed by atoms with E-state index in [4.69, 9.17) is 0 Å². The average molecular weight is 400 g/mol. The fourth-order valence-corrected chi connectivity index (χ4v) is 4.91. The van der Waals surface area contributed by atoms with Gasteiger partial charge in [-0.3, -0.25) is 19.3 Å². The molecule has 0 radical (unpaired) electrons. The normalized spacial score (nSPS) is 25.7. The lowest BCUT2D eigenvalue weighted by Gasteiger charge is -2.43. The molecule has 2 atom stereocenters. The van der Waals surface area contributed by atoms with Crippen LogP contribution in [0.5, 0.6) is 0 Å². The van der Waals surface area contributed by atoms with E-state index in [1.54, 1.807) is 24.3 Å². The first kappa shape index (κ1) is 20.8. The maximum absolute atomic E-state index is 13.1. The molecular formula is C21H28N4O4. The van der Waals surface area contributed by atoms with Gasteiger partial charge in [-0.25, -0.2) is 4.79 Å². The molecule has 156 valence electrons. The lowest BCUT2D eigenvalue weighted by molar-refractivity contribution is -0.136. The Bertz CT molecular complexity index is 866. The van der Waals surface area contributed by atoms with Crippen LogP contribution in [0.1, 0.15) is 50.4 Å². The summed E-state index contributed by atoms with van der Waals surface area (Å²) in [4.78, 5) is 51.2. The largest absolute Gasteiger partial charge is 0.355 e. The monoisotopic (exact) mass is 400 g/mol. The van der Waals surface area contributed by atoms with Crippen LogP contribution in [-0.2, 0) is 9.59 Å². The summed E-state index contributed by atoms with van der Waals surface area (Å²) in [5.41, 5.74) is -0.393. The molecule has 1 aliphatic carbocycles. The summed E-state index contributed by atoms with van der Waals surface area (Å²) in [7, 11) is 1.50. The molecule has 0 bridgehead atoms. The van der Waals surface area contributed by atoms with Crippen molar-refractivity contribution in [2.45, 2.75) is 45.6 Å². The van der Waals surface area contributed by atoms with Gasteiger partial charge in [0.25, 0.3) is 11.8 Å². The highest BCUT2D eigenvalue weighted by Crippen LogP contribution is 2.46. The van der Waals surface area contributed by atoms with Gasteiger partial charge in [0, 0.05) is 7.05 Å². The minimum atomic E-state index is -0.946. The summed E-state index contributed by atoms with van der Waals surface area (Å²) in [5.74, 6) is -0.939. The quantitative estimate of drug-likeness (QED) is 0.673. The van der Waals surface area contributed by atoms with Crippen molar-refractivity contribution in [3.63, 3.8) is 0 Å². The van der Waals surface area contributed by atoms with Gasteiger partial charge in [-0.2, -0.15) is 0 Å². The van der Waals surface area contributed by atoms with Crippen LogP contribution < -0.4 is 16.0 Å². The van der Waals surface area contributed by atoms with Gasteiger partial charge in [0.1, 0.15) is 12.1 Å². The van der Waals surface area contributed by atoms with Crippen LogP contribution in [0.2, 0.25) is 0 Å². The Morgan fingerprint density at radius 1 is 1.21 bits per heavy atom. The van der Waals surface area contributed by atoms with Gasteiger partial charge < -0.3 is 16.0 Å². The molecule has 1 heterocycles. The van der Waals surface area contributed by atoms with Crippen LogP contribution >= 0.6 is 0 Å². The molecule has 2 unspecified atom stereocenters. The minimum Gasteiger partial charge on any atom is -0.355 e. The summed E-state index contributed by atoms with van der Waals surface area (Å²) >= 11 is 0. The second-order valence-electron chi connectivity index (χ2n) is 8.93. The Morgan fingerprint density at radius 2 is 1.90 bits per heavy atom. The third-order valence-electron chi connectivity index (χ3n) is 5.60. The van der Waals surface area contributed by atoms with Gasteiger partial charge in [0.05, 0.1) is 11.3 Å². The molecule has 8 heteroatoms. The molecule has 29 heavy (non-hydrogen) atoms. The zero-order valence-corrected chi connectivity index (χ0v) is 17.3. The second kappa shape index (κ2) is 7.50. The van der Waals surface area contributed by atoms with Crippen molar-refractivity contribution in [2.75, 3.05) is 18.9 Å². The maximum Gasteiger partial charge on any atom is 0.325 e. The fourth-order valence-electron chi connectivity index (χ4n) is 4.91. The summed E-state index contributed by atoms with van der Waals surface area (Å²) in [6.45, 7) is 5.86. The Labute approximate surface area is 170 Å². The van der Waals surface area contributed by atoms with E-state index in [0.29, 0.717) is 24.1 Å². The molecule has 1 aromatic rings. The summed E-state index contributed by atoms with van der Waals surface area (Å²) in [6, 6.07) is 6.02. The van der Waals surface area contributed by atoms with Crippen molar-refractivity contribution in [2.24, 2.45) is 11.3 Å². The molecule has 1 spiro atoms. The second-order valence-corrected chi connectivity index (χ2v) is 8.93. The molecule has 1 saturated heterocycles. The zero-order valence-electron chi connectivity index (χ0n) is 17.3. The molecule has 0 aromatic heterocycles. The van der Waals surface area contributed by atoms with Gasteiger partial charge >= 0.3 is 6.03 Å². The van der Waals surface area contributed by atoms with Crippen molar-refractivity contribution >= 4 is 29.4 Å². The highest BCUT2D eigenvalue weighted by molar-refractivity contribution is 6.11. The van der Waals surface area contributed by atoms with Crippen LogP contribution in [-0.4, -0.2) is 47.8 Å². The standard InChI is InChI=1S/C21H28N4O4/c1-13-9-20(2,3)12-21(10-13)18(28)25(19(29)24-21)11-16(26)23-15-8-6-5-7-14(15)17(27)22-4/h5-8,13H,9-12H2,1-4H3,(H,22,27)(H,23,26)(H,24,29). The Balaban J connectivity index is 1.74. The fraction of sp³-hybridized carbons (Fsp3) is 0.524. The molecule has 3 N–H and O–H groups in total. The van der Waals surface area contributed by atoms with E-state index in [1.165, 1.54) is 7.05 Å². The predicted octanol–water partition coefficient (Wildman–Crippen LogP) is 2.12. The van der Waals surface area contributed by atoms with Crippen molar-refractivity contribution in [1.29, 1.82) is 0 Å². The van der Waals surface area contributed by atoms with Crippen LogP contribution in [0.15, 0.2) is 24.3 Å². The number of imide groups is 1. The number of amides is 5. The predicted molar refractivity (Wildman–Crippen MR) is 108 cm³/mol. The average Bonchev–Trinajstić information content (AvgIpc) is 2.83. The zero-order chi connectivity index (χ0) is 21.4. The molecule has 5 amide bonds. The maximum atomic E-state index is 13.1. The number of hydrogen-bond donors (Lipinski definition) is 3. The molecule has 2 fully saturated rings. The first-order valence-electron chi connectivity index (χ1n) is 9.82. The molecule has 2 aliphatic rings. The lowest BCUT2D eigenvalue weighted by Crippen LogP contribution is -2.54. The van der Waals surface area contributed by atoms with E-state index < -0.39 is 24.0 Å². The number of para-hydroxylation sites is 1. The van der Waals surface area contributed by atoms with Crippen molar-refractivity contribution in [3.8, 4) is 0 Å². The minimum absolute atomic E-state index is 0.0780. The topological polar surface area (TPSA) is 108 Å². The first-order valence-corrected chi connectivity index (χ1v) is 9.82. The van der Waals surface area contributed by atoms with Crippen molar-refractivity contribution < 1.29 is 19.2 Å². The molecule has 8 nitrogen and oxygen atoms in total. The third kappa shape index (κ3) is 4.11. The first-order chi connectivity index (χ1) is 13.6. The van der Waals surface area contributed by atoms with Crippen LogP contribution in [0.25, 0.3) is 0 Å². The Kier molecular flexibility index (Phi) is 5.38. The highest BCUT2D eigenvalue weighted by atomic mass is 16.2.